The van der Waals surface area contributed by atoms with E-state index in [1.807, 2.05) is 18.2 Å². The quantitative estimate of drug-likeness (QED) is 0.307. The molecule has 0 amide bonds. The van der Waals surface area contributed by atoms with Gasteiger partial charge in [0.15, 0.2) is 0 Å². The van der Waals surface area contributed by atoms with Gasteiger partial charge in [-0.05, 0) is 58.7 Å². The number of aromatic nitrogens is 1. The summed E-state index contributed by atoms with van der Waals surface area (Å²) in [4.78, 5) is 0. The average molecular weight is 384 g/mol. The minimum atomic E-state index is -0.0457. The number of hydrogen-bond donors (Lipinski definition) is 0. The molecule has 1 heterocycles. The average Bonchev–Trinajstić information content (AvgIpc) is 3.22. The van der Waals surface area contributed by atoms with Crippen LogP contribution in [0, 0.1) is 11.3 Å². The molecule has 2 heteroatoms. The lowest BCUT2D eigenvalue weighted by Gasteiger charge is -2.21. The van der Waals surface area contributed by atoms with E-state index in [2.05, 4.69) is 91.2 Å². The third-order valence-electron chi connectivity index (χ3n) is 6.61. The fourth-order valence-electron chi connectivity index (χ4n) is 5.16. The first-order valence-corrected chi connectivity index (χ1v) is 10.3. The molecule has 0 fully saturated rings. The van der Waals surface area contributed by atoms with Crippen LogP contribution in [0.1, 0.15) is 30.5 Å². The highest BCUT2D eigenvalue weighted by Crippen LogP contribution is 2.50. The Morgan fingerprint density at radius 2 is 1.50 bits per heavy atom. The first-order chi connectivity index (χ1) is 14.6. The van der Waals surface area contributed by atoms with Crippen LogP contribution < -0.4 is 0 Å². The number of para-hydroxylation sites is 1. The molecule has 30 heavy (non-hydrogen) atoms. The molecule has 0 aliphatic heterocycles. The second kappa shape index (κ2) is 5.84. The van der Waals surface area contributed by atoms with E-state index < -0.39 is 0 Å². The lowest BCUT2D eigenvalue weighted by atomic mass is 9.82. The number of hydrogen-bond acceptors (Lipinski definition) is 1. The molecule has 1 aliphatic carbocycles. The van der Waals surface area contributed by atoms with Crippen LogP contribution in [-0.2, 0) is 5.41 Å². The number of nitriles is 1. The smallest absolute Gasteiger partial charge is 0.0992 e. The van der Waals surface area contributed by atoms with Crippen molar-refractivity contribution in [1.29, 1.82) is 5.26 Å². The zero-order chi connectivity index (χ0) is 20.5. The van der Waals surface area contributed by atoms with Gasteiger partial charge in [-0.2, -0.15) is 5.26 Å². The van der Waals surface area contributed by atoms with Crippen molar-refractivity contribution < 1.29 is 0 Å². The predicted octanol–water partition coefficient (Wildman–Crippen LogP) is 6.96. The highest BCUT2D eigenvalue weighted by molar-refractivity contribution is 6.11. The van der Waals surface area contributed by atoms with Gasteiger partial charge in [0.05, 0.1) is 22.7 Å². The number of fused-ring (bicyclic) bond motifs is 6. The molecule has 0 saturated carbocycles. The molecule has 6 rings (SSSR count). The second-order valence-corrected chi connectivity index (χ2v) is 8.60. The summed E-state index contributed by atoms with van der Waals surface area (Å²) in [5, 5.41) is 11.9. The van der Waals surface area contributed by atoms with E-state index in [4.69, 9.17) is 0 Å². The maximum Gasteiger partial charge on any atom is 0.0992 e. The Morgan fingerprint density at radius 3 is 2.37 bits per heavy atom. The van der Waals surface area contributed by atoms with Crippen molar-refractivity contribution in [3.63, 3.8) is 0 Å². The Kier molecular flexibility index (Phi) is 3.32. The van der Waals surface area contributed by atoms with Crippen molar-refractivity contribution >= 4 is 21.8 Å². The van der Waals surface area contributed by atoms with Crippen molar-refractivity contribution in [3.05, 3.63) is 102 Å². The normalized spacial score (nSPS) is 13.9. The van der Waals surface area contributed by atoms with E-state index in [0.29, 0.717) is 5.56 Å². The van der Waals surface area contributed by atoms with Crippen LogP contribution in [0.2, 0.25) is 0 Å². The monoisotopic (exact) mass is 384 g/mol. The molecule has 0 N–H and O–H groups in total. The summed E-state index contributed by atoms with van der Waals surface area (Å²) in [7, 11) is 0. The van der Waals surface area contributed by atoms with Gasteiger partial charge in [0, 0.05) is 21.9 Å². The molecule has 2 nitrogen and oxygen atoms in total. The molecule has 0 unspecified atom stereocenters. The van der Waals surface area contributed by atoms with E-state index in [0.717, 1.165) is 11.2 Å². The first kappa shape index (κ1) is 17.1. The minimum absolute atomic E-state index is 0.0457. The standard InChI is InChI=1S/C28H20N2/c1-28(2)24-12-5-3-10-20(24)22-15-23-21-11-4-6-13-26(21)30(27(23)16-25(22)28)19-9-7-8-18(14-19)17-29/h3-16H,1-2H3. The topological polar surface area (TPSA) is 28.7 Å². The number of nitrogens with zero attached hydrogens (tertiary/aromatic N) is 2. The van der Waals surface area contributed by atoms with Gasteiger partial charge in [-0.25, -0.2) is 0 Å². The minimum Gasteiger partial charge on any atom is -0.309 e. The van der Waals surface area contributed by atoms with E-state index in [1.54, 1.807) is 0 Å². The molecule has 0 atom stereocenters. The molecule has 142 valence electrons. The third kappa shape index (κ3) is 2.12. The molecular formula is C28H20N2. The molecule has 1 aliphatic rings. The van der Waals surface area contributed by atoms with Crippen LogP contribution in [-0.4, -0.2) is 4.57 Å². The molecule has 1 aromatic heterocycles. The maximum absolute atomic E-state index is 9.42. The van der Waals surface area contributed by atoms with Crippen molar-refractivity contribution in [2.75, 3.05) is 0 Å². The molecule has 5 aromatic rings. The van der Waals surface area contributed by atoms with Gasteiger partial charge in [-0.1, -0.05) is 62.4 Å². The summed E-state index contributed by atoms with van der Waals surface area (Å²) < 4.78 is 2.30. The number of benzene rings is 4. The van der Waals surface area contributed by atoms with Crippen LogP contribution >= 0.6 is 0 Å². The van der Waals surface area contributed by atoms with E-state index >= 15 is 0 Å². The van der Waals surface area contributed by atoms with Gasteiger partial charge in [0.2, 0.25) is 0 Å². The highest BCUT2D eigenvalue weighted by Gasteiger charge is 2.36. The van der Waals surface area contributed by atoms with Gasteiger partial charge in [0.1, 0.15) is 0 Å². The fourth-order valence-corrected chi connectivity index (χ4v) is 5.16. The van der Waals surface area contributed by atoms with Crippen LogP contribution in [0.4, 0.5) is 0 Å². The summed E-state index contributed by atoms with van der Waals surface area (Å²) in [6.45, 7) is 4.62. The molecule has 0 radical (unpaired) electrons. The van der Waals surface area contributed by atoms with Crippen molar-refractivity contribution in [1.82, 2.24) is 4.57 Å². The Balaban J connectivity index is 1.77. The molecule has 4 aromatic carbocycles. The van der Waals surface area contributed by atoms with Gasteiger partial charge in [0.25, 0.3) is 0 Å². The lowest BCUT2D eigenvalue weighted by Crippen LogP contribution is -2.14. The summed E-state index contributed by atoms with van der Waals surface area (Å²) >= 11 is 0. The zero-order valence-corrected chi connectivity index (χ0v) is 17.0. The van der Waals surface area contributed by atoms with Gasteiger partial charge in [-0.3, -0.25) is 0 Å². The van der Waals surface area contributed by atoms with Gasteiger partial charge < -0.3 is 4.57 Å². The van der Waals surface area contributed by atoms with E-state index in [1.165, 1.54) is 38.5 Å². The molecular weight excluding hydrogens is 364 g/mol. The van der Waals surface area contributed by atoms with Gasteiger partial charge in [-0.15, -0.1) is 0 Å². The van der Waals surface area contributed by atoms with E-state index in [-0.39, 0.29) is 5.41 Å². The third-order valence-corrected chi connectivity index (χ3v) is 6.61. The summed E-state index contributed by atoms with van der Waals surface area (Å²) in [6, 6.07) is 32.2. The van der Waals surface area contributed by atoms with Crippen LogP contribution in [0.15, 0.2) is 84.9 Å². The zero-order valence-electron chi connectivity index (χ0n) is 17.0. The first-order valence-electron chi connectivity index (χ1n) is 10.3. The van der Waals surface area contributed by atoms with Crippen molar-refractivity contribution in [2.24, 2.45) is 0 Å². The highest BCUT2D eigenvalue weighted by atomic mass is 15.0. The summed E-state index contributed by atoms with van der Waals surface area (Å²) in [6.07, 6.45) is 0. The van der Waals surface area contributed by atoms with Crippen molar-refractivity contribution in [3.8, 4) is 22.9 Å². The second-order valence-electron chi connectivity index (χ2n) is 8.60. The Bertz CT molecular complexity index is 1530. The lowest BCUT2D eigenvalue weighted by molar-refractivity contribution is 0.661. The Labute approximate surface area is 175 Å². The number of rotatable bonds is 1. The summed E-state index contributed by atoms with van der Waals surface area (Å²) in [5.41, 5.74) is 9.41. The van der Waals surface area contributed by atoms with Crippen molar-refractivity contribution in [2.45, 2.75) is 19.3 Å². The molecule has 0 spiro atoms. The SMILES string of the molecule is CC1(C)c2ccccc2-c2cc3c4ccccc4n(-c4cccc(C#N)c4)c3cc21. The van der Waals surface area contributed by atoms with E-state index in [9.17, 15) is 5.26 Å². The Hall–Kier alpha value is -3.83. The maximum atomic E-state index is 9.42. The van der Waals surface area contributed by atoms with Crippen LogP contribution in [0.25, 0.3) is 38.6 Å². The largest absolute Gasteiger partial charge is 0.309 e. The molecule has 0 saturated heterocycles. The van der Waals surface area contributed by atoms with Crippen LogP contribution in [0.3, 0.4) is 0 Å². The van der Waals surface area contributed by atoms with Gasteiger partial charge >= 0.3 is 0 Å². The fraction of sp³-hybridized carbons (Fsp3) is 0.107. The summed E-state index contributed by atoms with van der Waals surface area (Å²) in [5.74, 6) is 0. The molecule has 0 bridgehead atoms. The predicted molar refractivity (Wildman–Crippen MR) is 123 cm³/mol. The Morgan fingerprint density at radius 1 is 0.700 bits per heavy atom. The van der Waals surface area contributed by atoms with Crippen LogP contribution in [0.5, 0.6) is 0 Å².